The number of nitrogens with zero attached hydrogens (tertiary/aromatic N) is 4. The molecule has 1 amide bonds. The number of esters is 1. The number of cyclic esters (lactones) is 1. The second-order valence-corrected chi connectivity index (χ2v) is 17.1. The molecule has 288 valence electrons. The molecule has 3 aliphatic heterocycles. The lowest BCUT2D eigenvalue weighted by atomic mass is 9.84. The number of hydrogen-bond donors (Lipinski definition) is 3. The smallest absolute Gasteiger partial charge is 0.324 e. The zero-order valence-electron chi connectivity index (χ0n) is 31.6. The van der Waals surface area contributed by atoms with Crippen LogP contribution in [0, 0.1) is 5.41 Å². The van der Waals surface area contributed by atoms with E-state index in [0.29, 0.717) is 51.0 Å². The summed E-state index contributed by atoms with van der Waals surface area (Å²) in [5, 5.41) is 13.4. The quantitative estimate of drug-likeness (QED) is 0.224. The van der Waals surface area contributed by atoms with Crippen molar-refractivity contribution < 1.29 is 32.6 Å². The Hall–Kier alpha value is -4.34. The Morgan fingerprint density at radius 3 is 2.61 bits per heavy atom. The lowest BCUT2D eigenvalue weighted by Gasteiger charge is -2.36. The van der Waals surface area contributed by atoms with Gasteiger partial charge in [0, 0.05) is 61.4 Å². The average molecular weight is 759 g/mol. The van der Waals surface area contributed by atoms with Crippen LogP contribution in [0.5, 0.6) is 5.75 Å². The number of aromatic hydroxyl groups is 1. The summed E-state index contributed by atoms with van der Waals surface area (Å²) in [7, 11) is -2.30. The van der Waals surface area contributed by atoms with Crippen molar-refractivity contribution in [3.05, 3.63) is 71.5 Å². The number of hydrogen-bond acceptors (Lipinski definition) is 9. The van der Waals surface area contributed by atoms with Crippen LogP contribution in [0.25, 0.3) is 33.3 Å². The summed E-state index contributed by atoms with van der Waals surface area (Å²) < 4.78 is 44.7. The molecule has 2 aromatic heterocycles. The van der Waals surface area contributed by atoms with E-state index in [1.807, 2.05) is 25.1 Å². The molecule has 3 aliphatic rings. The Labute approximate surface area is 316 Å². The first-order valence-electron chi connectivity index (χ1n) is 18.8. The topological polar surface area (TPSA) is 155 Å². The van der Waals surface area contributed by atoms with Gasteiger partial charge in [-0.05, 0) is 105 Å². The van der Waals surface area contributed by atoms with Crippen LogP contribution in [0.1, 0.15) is 69.9 Å². The largest absolute Gasteiger partial charge is 0.508 e. The lowest BCUT2D eigenvalue weighted by Crippen LogP contribution is -2.62. The van der Waals surface area contributed by atoms with Crippen molar-refractivity contribution in [2.24, 2.45) is 5.41 Å². The van der Waals surface area contributed by atoms with E-state index in [1.54, 1.807) is 25.4 Å². The Morgan fingerprint density at radius 2 is 1.89 bits per heavy atom. The third kappa shape index (κ3) is 7.50. The fourth-order valence-corrected chi connectivity index (χ4v) is 9.26. The average Bonchev–Trinajstić information content (AvgIpc) is 3.42. The first kappa shape index (κ1) is 38.0. The second kappa shape index (κ2) is 15.1. The summed E-state index contributed by atoms with van der Waals surface area (Å²) >= 11 is 0. The number of aromatic nitrogens is 2. The van der Waals surface area contributed by atoms with Gasteiger partial charge in [0.2, 0.25) is 0 Å². The predicted molar refractivity (Wildman–Crippen MR) is 205 cm³/mol. The molecular weight excluding hydrogens is 709 g/mol. The van der Waals surface area contributed by atoms with Gasteiger partial charge in [-0.15, -0.1) is 0 Å². The van der Waals surface area contributed by atoms with Gasteiger partial charge in [-0.2, -0.15) is 17.4 Å². The third-order valence-corrected chi connectivity index (χ3v) is 12.4. The molecule has 7 rings (SSSR count). The van der Waals surface area contributed by atoms with Crippen LogP contribution in [0.3, 0.4) is 0 Å². The number of rotatable bonds is 7. The molecule has 0 aliphatic carbocycles. The van der Waals surface area contributed by atoms with Gasteiger partial charge in [0.1, 0.15) is 17.8 Å². The first-order chi connectivity index (χ1) is 25.8. The molecule has 14 heteroatoms. The lowest BCUT2D eigenvalue weighted by molar-refractivity contribution is -0.155. The van der Waals surface area contributed by atoms with Crippen molar-refractivity contribution in [3.63, 3.8) is 0 Å². The number of amides is 1. The monoisotopic (exact) mass is 758 g/mol. The minimum atomic E-state index is -3.97. The Morgan fingerprint density at radius 1 is 1.09 bits per heavy atom. The second-order valence-electron chi connectivity index (χ2n) is 15.4. The molecule has 3 atom stereocenters. The molecule has 54 heavy (non-hydrogen) atoms. The van der Waals surface area contributed by atoms with E-state index in [9.17, 15) is 23.1 Å². The van der Waals surface area contributed by atoms with Gasteiger partial charge in [0.25, 0.3) is 16.1 Å². The van der Waals surface area contributed by atoms with E-state index >= 15 is 0 Å². The molecule has 0 unspecified atom stereocenters. The number of benzene rings is 2. The van der Waals surface area contributed by atoms with Crippen LogP contribution in [-0.4, -0.2) is 89.7 Å². The van der Waals surface area contributed by atoms with E-state index in [1.165, 1.54) is 9.31 Å². The van der Waals surface area contributed by atoms with Gasteiger partial charge >= 0.3 is 5.97 Å². The Kier molecular flexibility index (Phi) is 10.6. The van der Waals surface area contributed by atoms with Crippen LogP contribution >= 0.6 is 0 Å². The van der Waals surface area contributed by atoms with Gasteiger partial charge in [0.05, 0.1) is 24.1 Å². The number of fused-ring (bicyclic) bond motifs is 6. The SMILES string of the molecule is CCn1c(-c2cccnc2[C@H](C)OC)c2c3cc(ccc31)-c1cc(O)cc(c1)C[C@H](NS(=O)(=O)N1CCC1)C(=O)N1CCC[C@H](N1)C(=O)OCC(C)(C)C2. The van der Waals surface area contributed by atoms with Crippen LogP contribution in [0.4, 0.5) is 0 Å². The van der Waals surface area contributed by atoms with Crippen LogP contribution < -0.4 is 10.1 Å². The van der Waals surface area contributed by atoms with Gasteiger partial charge in [-0.1, -0.05) is 26.0 Å². The number of phenols is 1. The van der Waals surface area contributed by atoms with E-state index in [-0.39, 0.29) is 24.9 Å². The fraction of sp³-hybridized carbons (Fsp3) is 0.475. The number of nitrogens with one attached hydrogen (secondary N) is 2. The van der Waals surface area contributed by atoms with E-state index in [4.69, 9.17) is 14.5 Å². The van der Waals surface area contributed by atoms with Crippen LogP contribution in [0.15, 0.2) is 54.7 Å². The Balaban J connectivity index is 1.40. The van der Waals surface area contributed by atoms with Gasteiger partial charge in [-0.3, -0.25) is 19.6 Å². The molecule has 5 heterocycles. The number of methoxy groups -OCH3 is 1. The van der Waals surface area contributed by atoms with Crippen molar-refractivity contribution in [1.82, 2.24) is 29.0 Å². The Bertz CT molecular complexity index is 2180. The van der Waals surface area contributed by atoms with Crippen molar-refractivity contribution in [2.75, 3.05) is 33.4 Å². The molecule has 6 bridgehead atoms. The van der Waals surface area contributed by atoms with Crippen molar-refractivity contribution in [1.29, 1.82) is 0 Å². The molecule has 3 N–H and O–H groups in total. The van der Waals surface area contributed by atoms with Gasteiger partial charge in [-0.25, -0.2) is 5.43 Å². The molecule has 2 fully saturated rings. The maximum Gasteiger partial charge on any atom is 0.324 e. The highest BCUT2D eigenvalue weighted by Gasteiger charge is 2.38. The standard InChI is InChI=1S/C40H50N6O7S/c1-6-45-35-13-12-27-22-31(35)32(37(45)30-10-7-14-41-36(30)25(2)52-5)23-40(3,4)24-53-39(49)33-11-8-17-46(42-33)38(48)34(43-54(50,51)44-15-9-16-44)20-26-18-28(27)21-29(47)19-26/h7,10,12-14,18-19,21-22,25,33-34,42-43,47H,6,8-9,11,15-17,20,23-24H2,1-5H3/t25-,33-,34-/m0/s1. The summed E-state index contributed by atoms with van der Waals surface area (Å²) in [6, 6.07) is 13.4. The van der Waals surface area contributed by atoms with Crippen molar-refractivity contribution in [3.8, 4) is 28.1 Å². The minimum absolute atomic E-state index is 0.00515. The molecule has 2 saturated heterocycles. The van der Waals surface area contributed by atoms with Gasteiger partial charge in [0.15, 0.2) is 0 Å². The number of hydrazine groups is 1. The first-order valence-corrected chi connectivity index (χ1v) is 20.2. The number of aryl methyl sites for hydroxylation is 1. The third-order valence-electron chi connectivity index (χ3n) is 10.8. The summed E-state index contributed by atoms with van der Waals surface area (Å²) in [5.74, 6) is -0.992. The maximum absolute atomic E-state index is 14.1. The highest BCUT2D eigenvalue weighted by molar-refractivity contribution is 7.87. The molecule has 4 aromatic rings. The maximum atomic E-state index is 14.1. The number of carbonyl (C=O) groups is 2. The number of ether oxygens (including phenoxy) is 2. The van der Waals surface area contributed by atoms with Gasteiger partial charge < -0.3 is 19.1 Å². The predicted octanol–water partition coefficient (Wildman–Crippen LogP) is 4.88. The number of carbonyl (C=O) groups excluding carboxylic acids is 2. The number of phenolic OH excluding ortho intramolecular Hbond substituents is 1. The highest BCUT2D eigenvalue weighted by atomic mass is 32.2. The summed E-state index contributed by atoms with van der Waals surface area (Å²) in [5.41, 5.74) is 9.55. The fourth-order valence-electron chi connectivity index (χ4n) is 7.83. The molecule has 0 saturated carbocycles. The number of pyridine rings is 1. The normalized spacial score (nSPS) is 21.7. The molecule has 2 aromatic carbocycles. The van der Waals surface area contributed by atoms with E-state index < -0.39 is 39.6 Å². The summed E-state index contributed by atoms with van der Waals surface area (Å²) in [6.07, 6.45) is 3.77. The van der Waals surface area contributed by atoms with Crippen molar-refractivity contribution in [2.45, 2.75) is 84.5 Å². The minimum Gasteiger partial charge on any atom is -0.508 e. The van der Waals surface area contributed by atoms with Crippen LogP contribution in [0.2, 0.25) is 0 Å². The van der Waals surface area contributed by atoms with Crippen LogP contribution in [-0.2, 0) is 48.7 Å². The van der Waals surface area contributed by atoms with E-state index in [2.05, 4.69) is 53.7 Å². The molecule has 0 spiro atoms. The summed E-state index contributed by atoms with van der Waals surface area (Å²) in [4.78, 5) is 32.5. The van der Waals surface area contributed by atoms with E-state index in [0.717, 1.165) is 51.0 Å². The zero-order chi connectivity index (χ0) is 38.4. The zero-order valence-corrected chi connectivity index (χ0v) is 32.4. The molecular formula is C40H50N6O7S. The van der Waals surface area contributed by atoms with Crippen molar-refractivity contribution >= 4 is 33.0 Å². The summed E-state index contributed by atoms with van der Waals surface area (Å²) in [6.45, 7) is 10.1. The molecule has 13 nitrogen and oxygen atoms in total. The molecule has 0 radical (unpaired) electrons. The highest BCUT2D eigenvalue weighted by Crippen LogP contribution is 2.42.